The first-order chi connectivity index (χ1) is 10.1. The molecular formula is C14H20I2N4S2. The van der Waals surface area contributed by atoms with E-state index < -0.39 is 0 Å². The maximum atomic E-state index is 4.44. The van der Waals surface area contributed by atoms with Crippen LogP contribution in [0, 0.1) is 16.7 Å². The third-order valence-electron chi connectivity index (χ3n) is 2.93. The normalized spacial score (nSPS) is 11.2. The van der Waals surface area contributed by atoms with Gasteiger partial charge in [-0.2, -0.15) is 0 Å². The maximum absolute atomic E-state index is 4.44. The van der Waals surface area contributed by atoms with E-state index in [0.717, 1.165) is 36.2 Å². The first kappa shape index (κ1) is 20.1. The summed E-state index contributed by atoms with van der Waals surface area (Å²) < 4.78 is 1.33. The second kappa shape index (κ2) is 10.0. The zero-order chi connectivity index (χ0) is 15.2. The van der Waals surface area contributed by atoms with E-state index in [1.807, 2.05) is 18.3 Å². The maximum Gasteiger partial charge on any atom is 0.191 e. The van der Waals surface area contributed by atoms with Crippen LogP contribution in [0.25, 0.3) is 0 Å². The van der Waals surface area contributed by atoms with Gasteiger partial charge in [0.2, 0.25) is 0 Å². The fourth-order valence-corrected chi connectivity index (χ4v) is 4.54. The van der Waals surface area contributed by atoms with Gasteiger partial charge in [-0.1, -0.05) is 0 Å². The molecule has 2 aromatic rings. The number of hydrogen-bond donors (Lipinski definition) is 2. The fraction of sp³-hybridized carbons (Fsp3) is 0.429. The first-order valence-corrected chi connectivity index (χ1v) is 9.41. The molecule has 0 aliphatic rings. The largest absolute Gasteiger partial charge is 0.356 e. The Morgan fingerprint density at radius 1 is 1.27 bits per heavy atom. The quantitative estimate of drug-likeness (QED) is 0.330. The van der Waals surface area contributed by atoms with Crippen LogP contribution in [-0.2, 0) is 13.0 Å². The standard InChI is InChI=1S/C14H19IN4S2.HI/c1-9-12(20-10(2)19-9)8-18-14(16-3)17-7-6-11-4-5-13(15)21-11;/h4-5H,6-8H2,1-3H3,(H2,16,17,18);1H. The van der Waals surface area contributed by atoms with E-state index in [4.69, 9.17) is 0 Å². The van der Waals surface area contributed by atoms with Crippen molar-refractivity contribution in [2.75, 3.05) is 13.6 Å². The number of thiazole rings is 1. The highest BCUT2D eigenvalue weighted by Gasteiger charge is 2.06. The predicted molar refractivity (Wildman–Crippen MR) is 116 cm³/mol. The van der Waals surface area contributed by atoms with E-state index in [1.165, 1.54) is 12.6 Å². The van der Waals surface area contributed by atoms with E-state index in [-0.39, 0.29) is 24.0 Å². The summed E-state index contributed by atoms with van der Waals surface area (Å²) in [7, 11) is 1.80. The van der Waals surface area contributed by atoms with Gasteiger partial charge in [0.1, 0.15) is 0 Å². The monoisotopic (exact) mass is 562 g/mol. The molecule has 4 nitrogen and oxygen atoms in total. The van der Waals surface area contributed by atoms with Gasteiger partial charge in [-0.05, 0) is 55.0 Å². The van der Waals surface area contributed by atoms with Crippen molar-refractivity contribution in [1.82, 2.24) is 15.6 Å². The molecule has 0 aromatic carbocycles. The second-order valence-electron chi connectivity index (χ2n) is 4.55. The Morgan fingerprint density at radius 3 is 2.59 bits per heavy atom. The number of aromatic nitrogens is 1. The van der Waals surface area contributed by atoms with Crippen LogP contribution >= 0.6 is 69.2 Å². The molecule has 2 N–H and O–H groups in total. The van der Waals surface area contributed by atoms with Gasteiger partial charge in [-0.15, -0.1) is 46.7 Å². The van der Waals surface area contributed by atoms with Gasteiger partial charge in [-0.3, -0.25) is 4.99 Å². The lowest BCUT2D eigenvalue weighted by molar-refractivity contribution is 0.801. The minimum atomic E-state index is 0. The molecule has 0 unspecified atom stereocenters. The van der Waals surface area contributed by atoms with Gasteiger partial charge >= 0.3 is 0 Å². The number of thiophene rings is 1. The SMILES string of the molecule is CN=C(NCCc1ccc(I)s1)NCc1sc(C)nc1C.I. The lowest BCUT2D eigenvalue weighted by Crippen LogP contribution is -2.37. The van der Waals surface area contributed by atoms with E-state index >= 15 is 0 Å². The highest BCUT2D eigenvalue weighted by Crippen LogP contribution is 2.18. The number of aryl methyl sites for hydroxylation is 2. The average molecular weight is 562 g/mol. The van der Waals surface area contributed by atoms with Crippen molar-refractivity contribution in [3.8, 4) is 0 Å². The molecule has 22 heavy (non-hydrogen) atoms. The van der Waals surface area contributed by atoms with Crippen LogP contribution in [0.5, 0.6) is 0 Å². The third kappa shape index (κ3) is 6.28. The second-order valence-corrected chi connectivity index (χ2v) is 8.90. The van der Waals surface area contributed by atoms with Crippen molar-refractivity contribution in [2.24, 2.45) is 4.99 Å². The van der Waals surface area contributed by atoms with Gasteiger partial charge in [0, 0.05) is 23.3 Å². The Bertz CT molecular complexity index is 622. The summed E-state index contributed by atoms with van der Waals surface area (Å²) >= 11 is 5.93. The summed E-state index contributed by atoms with van der Waals surface area (Å²) in [4.78, 5) is 11.4. The lowest BCUT2D eigenvalue weighted by atomic mass is 10.3. The van der Waals surface area contributed by atoms with Gasteiger partial charge in [-0.25, -0.2) is 4.98 Å². The Hall–Kier alpha value is 0.0600. The molecule has 0 saturated carbocycles. The number of nitrogens with zero attached hydrogens (tertiary/aromatic N) is 2. The summed E-state index contributed by atoms with van der Waals surface area (Å²) in [6.07, 6.45) is 1.02. The van der Waals surface area contributed by atoms with Crippen LogP contribution in [0.15, 0.2) is 17.1 Å². The molecule has 0 saturated heterocycles. The van der Waals surface area contributed by atoms with Crippen LogP contribution in [0.1, 0.15) is 20.5 Å². The molecule has 0 radical (unpaired) electrons. The van der Waals surface area contributed by atoms with E-state index in [1.54, 1.807) is 18.4 Å². The Labute approximate surface area is 170 Å². The molecule has 0 fully saturated rings. The van der Waals surface area contributed by atoms with E-state index in [2.05, 4.69) is 62.3 Å². The van der Waals surface area contributed by atoms with Gasteiger partial charge in [0.05, 0.1) is 20.1 Å². The van der Waals surface area contributed by atoms with Crippen LogP contribution < -0.4 is 10.6 Å². The third-order valence-corrected chi connectivity index (χ3v) is 5.96. The molecule has 0 spiro atoms. The Balaban J connectivity index is 0.00000242. The summed E-state index contributed by atoms with van der Waals surface area (Å²) in [5, 5.41) is 7.80. The van der Waals surface area contributed by atoms with Gasteiger partial charge in [0.25, 0.3) is 0 Å². The summed E-state index contributed by atoms with van der Waals surface area (Å²) in [6.45, 7) is 5.75. The van der Waals surface area contributed by atoms with Crippen molar-refractivity contribution in [3.05, 3.63) is 35.5 Å². The number of aliphatic imine (C=N–C) groups is 1. The van der Waals surface area contributed by atoms with Crippen molar-refractivity contribution < 1.29 is 0 Å². The summed E-state index contributed by atoms with van der Waals surface area (Å²) in [5.74, 6) is 0.840. The van der Waals surface area contributed by atoms with E-state index in [9.17, 15) is 0 Å². The number of hydrogen-bond acceptors (Lipinski definition) is 4. The van der Waals surface area contributed by atoms with Crippen molar-refractivity contribution in [3.63, 3.8) is 0 Å². The minimum absolute atomic E-state index is 0. The van der Waals surface area contributed by atoms with E-state index in [0.29, 0.717) is 0 Å². The highest BCUT2D eigenvalue weighted by molar-refractivity contribution is 14.1. The smallest absolute Gasteiger partial charge is 0.191 e. The number of halogens is 2. The molecule has 2 rings (SSSR count). The number of rotatable bonds is 5. The van der Waals surface area contributed by atoms with Crippen molar-refractivity contribution >= 4 is 75.2 Å². The Kier molecular flexibility index (Phi) is 9.17. The van der Waals surface area contributed by atoms with Gasteiger partial charge < -0.3 is 10.6 Å². The molecule has 0 aliphatic carbocycles. The summed E-state index contributed by atoms with van der Waals surface area (Å²) in [5.41, 5.74) is 1.11. The highest BCUT2D eigenvalue weighted by atomic mass is 127. The van der Waals surface area contributed by atoms with Crippen LogP contribution in [0.4, 0.5) is 0 Å². The van der Waals surface area contributed by atoms with Crippen molar-refractivity contribution in [2.45, 2.75) is 26.8 Å². The topological polar surface area (TPSA) is 49.3 Å². The zero-order valence-electron chi connectivity index (χ0n) is 12.8. The summed E-state index contributed by atoms with van der Waals surface area (Å²) in [6, 6.07) is 4.34. The van der Waals surface area contributed by atoms with Crippen LogP contribution in [0.2, 0.25) is 0 Å². The predicted octanol–water partition coefficient (Wildman–Crippen LogP) is 3.95. The first-order valence-electron chi connectivity index (χ1n) is 6.70. The Morgan fingerprint density at radius 2 is 2.05 bits per heavy atom. The molecule has 0 bridgehead atoms. The fourth-order valence-electron chi connectivity index (χ4n) is 1.91. The lowest BCUT2D eigenvalue weighted by Gasteiger charge is -2.10. The molecule has 122 valence electrons. The molecule has 2 aromatic heterocycles. The molecule has 0 aliphatic heterocycles. The molecule has 0 amide bonds. The molecule has 0 atom stereocenters. The molecular weight excluding hydrogens is 542 g/mol. The average Bonchev–Trinajstić information content (AvgIpc) is 2.99. The molecule has 8 heteroatoms. The number of nitrogens with one attached hydrogen (secondary N) is 2. The minimum Gasteiger partial charge on any atom is -0.356 e. The van der Waals surface area contributed by atoms with Gasteiger partial charge in [0.15, 0.2) is 5.96 Å². The zero-order valence-corrected chi connectivity index (χ0v) is 18.9. The molecule has 2 heterocycles. The van der Waals surface area contributed by atoms with Crippen LogP contribution in [-0.4, -0.2) is 24.5 Å². The number of guanidine groups is 1. The van der Waals surface area contributed by atoms with Crippen molar-refractivity contribution in [1.29, 1.82) is 0 Å². The van der Waals surface area contributed by atoms with Crippen LogP contribution in [0.3, 0.4) is 0 Å².